The fourth-order valence-corrected chi connectivity index (χ4v) is 9.94. The molecule has 0 spiro atoms. The first-order valence-corrected chi connectivity index (χ1v) is 16.2. The second kappa shape index (κ2) is 6.96. The van der Waals surface area contributed by atoms with Crippen molar-refractivity contribution in [2.45, 2.75) is 101 Å². The molecule has 1 saturated carbocycles. The fourth-order valence-electron chi connectivity index (χ4n) is 3.88. The minimum absolute atomic E-state index is 0.103. The monoisotopic (exact) mass is 400 g/mol. The van der Waals surface area contributed by atoms with Gasteiger partial charge in [0, 0.05) is 5.88 Å². The van der Waals surface area contributed by atoms with E-state index in [9.17, 15) is 5.11 Å². The molecule has 1 nitrogen and oxygen atoms in total. The van der Waals surface area contributed by atoms with Gasteiger partial charge in [0.15, 0.2) is 0 Å². The van der Waals surface area contributed by atoms with Crippen molar-refractivity contribution in [2.24, 2.45) is 0 Å². The molecule has 0 saturated heterocycles. The molecule has 0 aliphatic heterocycles. The van der Waals surface area contributed by atoms with Crippen molar-refractivity contribution in [3.05, 3.63) is 23.8 Å². The summed E-state index contributed by atoms with van der Waals surface area (Å²) in [6.07, 6.45) is 4.00. The van der Waals surface area contributed by atoms with Crippen LogP contribution in [0.1, 0.15) is 54.4 Å². The summed E-state index contributed by atoms with van der Waals surface area (Å²) in [6.45, 7) is 28.0. The van der Waals surface area contributed by atoms with Crippen molar-refractivity contribution in [3.8, 4) is 0 Å². The van der Waals surface area contributed by atoms with Gasteiger partial charge in [0.2, 0.25) is 0 Å². The van der Waals surface area contributed by atoms with E-state index in [-0.39, 0.29) is 5.04 Å². The predicted molar refractivity (Wildman–Crippen MR) is 120 cm³/mol. The van der Waals surface area contributed by atoms with Crippen molar-refractivity contribution in [3.63, 3.8) is 0 Å². The molecule has 1 aliphatic rings. The number of aliphatic hydroxyl groups is 1. The zero-order valence-electron chi connectivity index (χ0n) is 18.3. The Morgan fingerprint density at radius 2 is 1.60 bits per heavy atom. The molecule has 146 valence electrons. The smallest absolute Gasteiger partial charge is 0.0961 e. The van der Waals surface area contributed by atoms with Gasteiger partial charge in [-0.1, -0.05) is 80.4 Å². The quantitative estimate of drug-likeness (QED) is 0.393. The van der Waals surface area contributed by atoms with Crippen LogP contribution in [-0.4, -0.2) is 32.4 Å². The lowest BCUT2D eigenvalue weighted by molar-refractivity contribution is 0.127. The van der Waals surface area contributed by atoms with Crippen molar-refractivity contribution < 1.29 is 5.11 Å². The third-order valence-electron chi connectivity index (χ3n) is 8.08. The Bertz CT molecular complexity index is 549. The number of alkyl halides is 1. The maximum Gasteiger partial charge on any atom is 0.0961 e. The highest BCUT2D eigenvalue weighted by atomic mass is 35.5. The Hall–Kier alpha value is 0.164. The minimum atomic E-state index is -2.05. The van der Waals surface area contributed by atoms with E-state index in [2.05, 4.69) is 80.4 Å². The summed E-state index contributed by atoms with van der Waals surface area (Å²) in [6, 6.07) is 0. The van der Waals surface area contributed by atoms with Gasteiger partial charge in [0.25, 0.3) is 0 Å². The summed E-state index contributed by atoms with van der Waals surface area (Å²) in [5.41, 5.74) is 2.71. The second-order valence-electron chi connectivity index (χ2n) is 11.2. The van der Waals surface area contributed by atoms with E-state index < -0.39 is 21.4 Å². The maximum absolute atomic E-state index is 12.1. The SMILES string of the molecule is C=C1/C(=C\CCl)C[C@H]([Si](C)(C)C(C)(C)C)C[C@]1(O)[Si](C)(C)C(C)(C)C. The normalized spacial score (nSPS) is 28.6. The van der Waals surface area contributed by atoms with Crippen LogP contribution in [0, 0.1) is 0 Å². The summed E-state index contributed by atoms with van der Waals surface area (Å²) in [5.74, 6) is 0.492. The van der Waals surface area contributed by atoms with Gasteiger partial charge in [-0.05, 0) is 39.6 Å². The summed E-state index contributed by atoms with van der Waals surface area (Å²) in [5, 5.41) is 11.7. The highest BCUT2D eigenvalue weighted by molar-refractivity contribution is 6.84. The van der Waals surface area contributed by atoms with Crippen LogP contribution in [0.25, 0.3) is 0 Å². The zero-order chi connectivity index (χ0) is 20.1. The average Bonchev–Trinajstić information content (AvgIpc) is 2.41. The molecule has 1 N–H and O–H groups in total. The molecule has 1 fully saturated rings. The van der Waals surface area contributed by atoms with E-state index in [0.29, 0.717) is 16.5 Å². The van der Waals surface area contributed by atoms with Crippen LogP contribution in [0.2, 0.25) is 41.8 Å². The first kappa shape index (κ1) is 23.2. The Morgan fingerprint density at radius 1 is 1.12 bits per heavy atom. The first-order valence-electron chi connectivity index (χ1n) is 9.60. The molecule has 0 amide bonds. The third kappa shape index (κ3) is 3.90. The highest BCUT2D eigenvalue weighted by Crippen LogP contribution is 2.58. The lowest BCUT2D eigenvalue weighted by Crippen LogP contribution is -2.64. The molecule has 1 aliphatic carbocycles. The lowest BCUT2D eigenvalue weighted by Gasteiger charge is -2.57. The van der Waals surface area contributed by atoms with Gasteiger partial charge in [0.05, 0.1) is 21.4 Å². The van der Waals surface area contributed by atoms with Gasteiger partial charge in [-0.15, -0.1) is 11.6 Å². The number of halogens is 1. The van der Waals surface area contributed by atoms with Crippen molar-refractivity contribution >= 4 is 27.7 Å². The van der Waals surface area contributed by atoms with Crippen LogP contribution in [-0.2, 0) is 0 Å². The maximum atomic E-state index is 12.1. The lowest BCUT2D eigenvalue weighted by atomic mass is 9.86. The average molecular weight is 401 g/mol. The van der Waals surface area contributed by atoms with E-state index in [0.717, 1.165) is 18.4 Å². The summed E-state index contributed by atoms with van der Waals surface area (Å²) in [7, 11) is -3.64. The van der Waals surface area contributed by atoms with Gasteiger partial charge in [0.1, 0.15) is 0 Å². The number of hydrogen-bond acceptors (Lipinski definition) is 1. The van der Waals surface area contributed by atoms with Crippen molar-refractivity contribution in [2.75, 3.05) is 5.88 Å². The van der Waals surface area contributed by atoms with E-state index in [1.54, 1.807) is 0 Å². The highest BCUT2D eigenvalue weighted by Gasteiger charge is 2.59. The van der Waals surface area contributed by atoms with Crippen molar-refractivity contribution in [1.82, 2.24) is 0 Å². The Labute approximate surface area is 164 Å². The molecule has 0 bridgehead atoms. The molecule has 0 heterocycles. The predicted octanol–water partition coefficient (Wildman–Crippen LogP) is 7.16. The van der Waals surface area contributed by atoms with Gasteiger partial charge in [-0.25, -0.2) is 0 Å². The molecule has 25 heavy (non-hydrogen) atoms. The molecule has 4 heteroatoms. The van der Waals surface area contributed by atoms with Crippen LogP contribution in [0.5, 0.6) is 0 Å². The molecule has 1 rings (SSSR count). The van der Waals surface area contributed by atoms with E-state index >= 15 is 0 Å². The molecule has 0 aromatic heterocycles. The van der Waals surface area contributed by atoms with Crippen LogP contribution < -0.4 is 0 Å². The Balaban J connectivity index is 3.53. The molecule has 2 atom stereocenters. The summed E-state index contributed by atoms with van der Waals surface area (Å²) < 4.78 is 0. The molecular weight excluding hydrogens is 360 g/mol. The third-order valence-corrected chi connectivity index (χ3v) is 20.9. The van der Waals surface area contributed by atoms with Crippen molar-refractivity contribution in [1.29, 1.82) is 0 Å². The van der Waals surface area contributed by atoms with Crippen LogP contribution in [0.4, 0.5) is 0 Å². The minimum Gasteiger partial charge on any atom is -0.389 e. The van der Waals surface area contributed by atoms with Gasteiger partial charge in [-0.2, -0.15) is 0 Å². The standard InChI is InChI=1S/C21H41ClOSi2/c1-16-17(12-13-22)14-18(24(8,9)19(2,3)4)15-21(16,23)25(10,11)20(5,6)7/h12,18,23H,1,13-15H2,2-11H3/b17-12-/t18-,21-/m0/s1. The largest absolute Gasteiger partial charge is 0.389 e. The Morgan fingerprint density at radius 3 is 1.96 bits per heavy atom. The second-order valence-corrected chi connectivity index (χ2v) is 22.8. The summed E-state index contributed by atoms with van der Waals surface area (Å²) >= 11 is 6.07. The van der Waals surface area contributed by atoms with Crippen LogP contribution >= 0.6 is 11.6 Å². The number of allylic oxidation sites excluding steroid dienone is 1. The van der Waals surface area contributed by atoms with E-state index in [4.69, 9.17) is 11.6 Å². The molecule has 0 radical (unpaired) electrons. The van der Waals surface area contributed by atoms with E-state index in [1.165, 1.54) is 5.57 Å². The number of hydrogen-bond donors (Lipinski definition) is 1. The zero-order valence-corrected chi connectivity index (χ0v) is 21.1. The van der Waals surface area contributed by atoms with E-state index in [1.807, 2.05) is 0 Å². The molecule has 0 aromatic rings. The van der Waals surface area contributed by atoms with Gasteiger partial charge < -0.3 is 5.11 Å². The number of rotatable bonds is 3. The first-order chi connectivity index (χ1) is 10.9. The molecule has 0 unspecified atom stereocenters. The summed E-state index contributed by atoms with van der Waals surface area (Å²) in [4.78, 5) is 0. The van der Waals surface area contributed by atoms with Crippen LogP contribution in [0.15, 0.2) is 23.8 Å². The molecule has 0 aromatic carbocycles. The topological polar surface area (TPSA) is 20.2 Å². The van der Waals surface area contributed by atoms with Gasteiger partial charge >= 0.3 is 0 Å². The fraction of sp³-hybridized carbons (Fsp3) is 0.810. The molecular formula is C21H41ClOSi2. The van der Waals surface area contributed by atoms with Crippen LogP contribution in [0.3, 0.4) is 0 Å². The Kier molecular flexibility index (Phi) is 6.46. The van der Waals surface area contributed by atoms with Gasteiger partial charge in [-0.3, -0.25) is 0 Å².